The zero-order valence-electron chi connectivity index (χ0n) is 11.4. The SMILES string of the molecule is CCC1(O)CCC(C(O)[CH]Cc2cc(F)cc(F)c2)N1. The fourth-order valence-corrected chi connectivity index (χ4v) is 2.57. The fraction of sp³-hybridized carbons (Fsp3) is 0.533. The molecule has 1 aliphatic heterocycles. The van der Waals surface area contributed by atoms with E-state index in [0.717, 1.165) is 6.07 Å². The molecule has 1 aromatic carbocycles. The second-order valence-corrected chi connectivity index (χ2v) is 5.38. The van der Waals surface area contributed by atoms with Crippen molar-refractivity contribution in [2.75, 3.05) is 0 Å². The molecule has 1 heterocycles. The lowest BCUT2D eigenvalue weighted by Gasteiger charge is -2.25. The van der Waals surface area contributed by atoms with Crippen molar-refractivity contribution in [1.82, 2.24) is 5.32 Å². The van der Waals surface area contributed by atoms with E-state index >= 15 is 0 Å². The standard InChI is InChI=1S/C15H20F2NO2/c1-2-15(20)6-5-13(18-15)14(19)4-3-10-7-11(16)9-12(17)8-10/h4,7-9,13-14,18-20H,2-3,5-6H2,1H3. The number of benzene rings is 1. The molecule has 1 aliphatic rings. The molecule has 3 unspecified atom stereocenters. The van der Waals surface area contributed by atoms with Gasteiger partial charge in [-0.05, 0) is 49.8 Å². The van der Waals surface area contributed by atoms with Gasteiger partial charge in [0.15, 0.2) is 0 Å². The molecule has 0 saturated carbocycles. The Balaban J connectivity index is 1.88. The summed E-state index contributed by atoms with van der Waals surface area (Å²) in [4.78, 5) is 0. The first-order chi connectivity index (χ1) is 9.42. The Labute approximate surface area is 117 Å². The highest BCUT2D eigenvalue weighted by Crippen LogP contribution is 2.26. The molecule has 0 aromatic heterocycles. The predicted octanol–water partition coefficient (Wildman–Crippen LogP) is 1.92. The highest BCUT2D eigenvalue weighted by atomic mass is 19.1. The zero-order valence-corrected chi connectivity index (χ0v) is 11.4. The summed E-state index contributed by atoms with van der Waals surface area (Å²) < 4.78 is 26.1. The van der Waals surface area contributed by atoms with Crippen LogP contribution < -0.4 is 5.32 Å². The number of aliphatic hydroxyl groups is 2. The molecule has 3 nitrogen and oxygen atoms in total. The maximum atomic E-state index is 13.0. The zero-order chi connectivity index (χ0) is 14.8. The molecular weight excluding hydrogens is 264 g/mol. The van der Waals surface area contributed by atoms with E-state index in [1.54, 1.807) is 6.42 Å². The second-order valence-electron chi connectivity index (χ2n) is 5.38. The van der Waals surface area contributed by atoms with Crippen LogP contribution in [0.4, 0.5) is 8.78 Å². The van der Waals surface area contributed by atoms with Crippen LogP contribution in [0.2, 0.25) is 0 Å². The minimum atomic E-state index is -0.912. The molecule has 3 N–H and O–H groups in total. The minimum absolute atomic E-state index is 0.224. The Morgan fingerprint density at radius 1 is 1.40 bits per heavy atom. The number of aliphatic hydroxyl groups excluding tert-OH is 1. The Morgan fingerprint density at radius 3 is 2.60 bits per heavy atom. The van der Waals surface area contributed by atoms with Crippen molar-refractivity contribution in [2.24, 2.45) is 0 Å². The van der Waals surface area contributed by atoms with E-state index in [1.165, 1.54) is 12.1 Å². The molecule has 1 aromatic rings. The Kier molecular flexibility index (Phi) is 4.73. The second kappa shape index (κ2) is 6.16. The van der Waals surface area contributed by atoms with Gasteiger partial charge in [0, 0.05) is 12.1 Å². The van der Waals surface area contributed by atoms with E-state index in [2.05, 4.69) is 5.32 Å². The first kappa shape index (κ1) is 15.4. The van der Waals surface area contributed by atoms with Crippen molar-refractivity contribution in [2.45, 2.75) is 50.5 Å². The first-order valence-electron chi connectivity index (χ1n) is 6.88. The molecule has 1 saturated heterocycles. The van der Waals surface area contributed by atoms with Crippen molar-refractivity contribution in [3.8, 4) is 0 Å². The largest absolute Gasteiger partial charge is 0.391 e. The number of halogens is 2. The van der Waals surface area contributed by atoms with Gasteiger partial charge in [-0.2, -0.15) is 0 Å². The van der Waals surface area contributed by atoms with Gasteiger partial charge in [-0.15, -0.1) is 0 Å². The summed E-state index contributed by atoms with van der Waals surface area (Å²) in [6, 6.07) is 3.09. The summed E-state index contributed by atoms with van der Waals surface area (Å²) in [5.41, 5.74) is -0.435. The highest BCUT2D eigenvalue weighted by Gasteiger charge is 2.37. The van der Waals surface area contributed by atoms with Crippen LogP contribution in [0.5, 0.6) is 0 Å². The maximum absolute atomic E-state index is 13.0. The molecule has 0 aliphatic carbocycles. The van der Waals surface area contributed by atoms with Crippen molar-refractivity contribution in [3.63, 3.8) is 0 Å². The number of nitrogens with one attached hydrogen (secondary N) is 1. The molecule has 0 spiro atoms. The molecule has 20 heavy (non-hydrogen) atoms. The summed E-state index contributed by atoms with van der Waals surface area (Å²) in [6.07, 6.45) is 2.95. The van der Waals surface area contributed by atoms with E-state index in [0.29, 0.717) is 24.8 Å². The molecule has 111 valence electrons. The van der Waals surface area contributed by atoms with Crippen molar-refractivity contribution < 1.29 is 19.0 Å². The predicted molar refractivity (Wildman–Crippen MR) is 71.8 cm³/mol. The monoisotopic (exact) mass is 284 g/mol. The molecule has 1 radical (unpaired) electrons. The van der Waals surface area contributed by atoms with Gasteiger partial charge in [-0.3, -0.25) is 5.32 Å². The quantitative estimate of drug-likeness (QED) is 0.774. The maximum Gasteiger partial charge on any atom is 0.126 e. The van der Waals surface area contributed by atoms with Gasteiger partial charge in [0.2, 0.25) is 0 Å². The van der Waals surface area contributed by atoms with Crippen LogP contribution >= 0.6 is 0 Å². The van der Waals surface area contributed by atoms with Gasteiger partial charge in [0.1, 0.15) is 17.4 Å². The van der Waals surface area contributed by atoms with Gasteiger partial charge in [0.05, 0.1) is 6.10 Å². The Morgan fingerprint density at radius 2 is 2.05 bits per heavy atom. The van der Waals surface area contributed by atoms with Crippen LogP contribution in [0.15, 0.2) is 18.2 Å². The molecule has 0 amide bonds. The van der Waals surface area contributed by atoms with Crippen LogP contribution in [-0.2, 0) is 6.42 Å². The summed E-state index contributed by atoms with van der Waals surface area (Å²) in [5, 5.41) is 23.1. The van der Waals surface area contributed by atoms with E-state index in [9.17, 15) is 19.0 Å². The van der Waals surface area contributed by atoms with Gasteiger partial charge in [-0.1, -0.05) is 6.92 Å². The first-order valence-corrected chi connectivity index (χ1v) is 6.88. The van der Waals surface area contributed by atoms with E-state index in [-0.39, 0.29) is 12.5 Å². The van der Waals surface area contributed by atoms with Crippen molar-refractivity contribution in [1.29, 1.82) is 0 Å². The van der Waals surface area contributed by atoms with E-state index in [4.69, 9.17) is 0 Å². The lowest BCUT2D eigenvalue weighted by atomic mass is 10.0. The lowest BCUT2D eigenvalue weighted by molar-refractivity contribution is 0.00891. The molecule has 1 fully saturated rings. The molecule has 2 rings (SSSR count). The normalized spacial score (nSPS) is 27.8. The third kappa shape index (κ3) is 3.75. The lowest BCUT2D eigenvalue weighted by Crippen LogP contribution is -2.46. The van der Waals surface area contributed by atoms with Crippen molar-refractivity contribution >= 4 is 0 Å². The van der Waals surface area contributed by atoms with E-state index in [1.807, 2.05) is 6.92 Å². The summed E-state index contributed by atoms with van der Waals surface area (Å²) in [7, 11) is 0. The highest BCUT2D eigenvalue weighted by molar-refractivity contribution is 5.20. The Bertz CT molecular complexity index is 449. The van der Waals surface area contributed by atoms with Gasteiger partial charge in [0.25, 0.3) is 0 Å². The summed E-state index contributed by atoms with van der Waals surface area (Å²) in [6.45, 7) is 1.88. The van der Waals surface area contributed by atoms with Crippen LogP contribution in [0.1, 0.15) is 31.7 Å². The molecule has 5 heteroatoms. The number of hydrogen-bond donors (Lipinski definition) is 3. The van der Waals surface area contributed by atoms with Crippen LogP contribution in [-0.4, -0.2) is 28.1 Å². The van der Waals surface area contributed by atoms with Crippen LogP contribution in [0, 0.1) is 18.1 Å². The number of rotatable bonds is 5. The molecular formula is C15H20F2NO2. The summed E-state index contributed by atoms with van der Waals surface area (Å²) >= 11 is 0. The molecule has 0 bridgehead atoms. The van der Waals surface area contributed by atoms with Gasteiger partial charge >= 0.3 is 0 Å². The average molecular weight is 284 g/mol. The van der Waals surface area contributed by atoms with E-state index < -0.39 is 23.5 Å². The average Bonchev–Trinajstić information content (AvgIpc) is 2.78. The van der Waals surface area contributed by atoms with Crippen LogP contribution in [0.3, 0.4) is 0 Å². The Hall–Kier alpha value is -1.04. The number of hydrogen-bond acceptors (Lipinski definition) is 3. The molecule has 3 atom stereocenters. The fourth-order valence-electron chi connectivity index (χ4n) is 2.57. The summed E-state index contributed by atoms with van der Waals surface area (Å²) in [5.74, 6) is -1.25. The van der Waals surface area contributed by atoms with Crippen LogP contribution in [0.25, 0.3) is 0 Å². The smallest absolute Gasteiger partial charge is 0.126 e. The topological polar surface area (TPSA) is 52.5 Å². The van der Waals surface area contributed by atoms with Gasteiger partial charge in [-0.25, -0.2) is 8.78 Å². The minimum Gasteiger partial charge on any atom is -0.391 e. The van der Waals surface area contributed by atoms with Crippen molar-refractivity contribution in [3.05, 3.63) is 41.8 Å². The third-order valence-electron chi connectivity index (χ3n) is 3.84. The van der Waals surface area contributed by atoms with Gasteiger partial charge < -0.3 is 10.2 Å². The third-order valence-corrected chi connectivity index (χ3v) is 3.84.